The number of benzene rings is 3. The van der Waals surface area contributed by atoms with Crippen molar-refractivity contribution in [3.63, 3.8) is 0 Å². The molecule has 0 radical (unpaired) electrons. The van der Waals surface area contributed by atoms with E-state index in [-0.39, 0.29) is 5.78 Å². The summed E-state index contributed by atoms with van der Waals surface area (Å²) in [5, 5.41) is 8.51. The predicted octanol–water partition coefficient (Wildman–Crippen LogP) is 4.22. The summed E-state index contributed by atoms with van der Waals surface area (Å²) in [6, 6.07) is 29.0. The van der Waals surface area contributed by atoms with Crippen LogP contribution in [0.5, 0.6) is 0 Å². The van der Waals surface area contributed by atoms with Crippen LogP contribution in [-0.2, 0) is 6.54 Å². The van der Waals surface area contributed by atoms with Crippen molar-refractivity contribution >= 4 is 5.78 Å². The Hall–Kier alpha value is -3.53. The Balaban J connectivity index is 1.81. The zero-order valence-corrected chi connectivity index (χ0v) is 14.1. The maximum atomic E-state index is 13.0. The third-order valence-corrected chi connectivity index (χ3v) is 4.21. The molecule has 26 heavy (non-hydrogen) atoms. The lowest BCUT2D eigenvalue weighted by molar-refractivity contribution is 0.103. The van der Waals surface area contributed by atoms with Crippen LogP contribution in [-0.4, -0.2) is 20.8 Å². The third-order valence-electron chi connectivity index (χ3n) is 4.21. The maximum Gasteiger partial charge on any atom is 0.215 e. The molecule has 0 aliphatic carbocycles. The summed E-state index contributed by atoms with van der Waals surface area (Å²) in [7, 11) is 0. The second-order valence-corrected chi connectivity index (χ2v) is 5.99. The molecular weight excluding hydrogens is 322 g/mol. The van der Waals surface area contributed by atoms with Crippen molar-refractivity contribution in [3.8, 4) is 11.3 Å². The van der Waals surface area contributed by atoms with Crippen molar-refractivity contribution in [2.24, 2.45) is 0 Å². The van der Waals surface area contributed by atoms with Gasteiger partial charge in [0, 0.05) is 11.1 Å². The van der Waals surface area contributed by atoms with Crippen molar-refractivity contribution in [3.05, 3.63) is 108 Å². The van der Waals surface area contributed by atoms with Crippen molar-refractivity contribution in [2.45, 2.75) is 6.54 Å². The molecule has 0 saturated carbocycles. The van der Waals surface area contributed by atoms with Gasteiger partial charge in [0.2, 0.25) is 5.78 Å². The summed E-state index contributed by atoms with van der Waals surface area (Å²) >= 11 is 0. The number of aromatic nitrogens is 3. The van der Waals surface area contributed by atoms with Gasteiger partial charge in [-0.1, -0.05) is 96.2 Å². The van der Waals surface area contributed by atoms with E-state index in [9.17, 15) is 4.79 Å². The van der Waals surface area contributed by atoms with Gasteiger partial charge in [0.15, 0.2) is 5.69 Å². The fraction of sp³-hybridized carbons (Fsp3) is 0.0455. The number of carbonyl (C=O) groups is 1. The molecule has 0 N–H and O–H groups in total. The third kappa shape index (κ3) is 3.17. The molecule has 0 saturated heterocycles. The highest BCUT2D eigenvalue weighted by atomic mass is 16.1. The number of rotatable bonds is 5. The lowest BCUT2D eigenvalue weighted by Gasteiger charge is -2.08. The summed E-state index contributed by atoms with van der Waals surface area (Å²) < 4.78 is 1.79. The van der Waals surface area contributed by atoms with Gasteiger partial charge in [0.1, 0.15) is 5.69 Å². The number of nitrogens with zero attached hydrogens (tertiary/aromatic N) is 3. The SMILES string of the molecule is O=C(c1ccccc1)c1nnn(Cc2ccccc2)c1-c1ccccc1. The van der Waals surface area contributed by atoms with Crippen LogP contribution in [0.25, 0.3) is 11.3 Å². The minimum atomic E-state index is -0.122. The molecule has 3 aromatic carbocycles. The molecule has 0 bridgehead atoms. The summed E-state index contributed by atoms with van der Waals surface area (Å²) in [5.74, 6) is -0.122. The van der Waals surface area contributed by atoms with Gasteiger partial charge < -0.3 is 0 Å². The van der Waals surface area contributed by atoms with Crippen LogP contribution in [0.4, 0.5) is 0 Å². The second-order valence-electron chi connectivity index (χ2n) is 5.99. The first kappa shape index (κ1) is 16.0. The zero-order chi connectivity index (χ0) is 17.8. The Bertz CT molecular complexity index is 1010. The van der Waals surface area contributed by atoms with Crippen LogP contribution < -0.4 is 0 Å². The van der Waals surface area contributed by atoms with Gasteiger partial charge in [0.05, 0.1) is 6.54 Å². The van der Waals surface area contributed by atoms with Gasteiger partial charge in [-0.15, -0.1) is 5.10 Å². The van der Waals surface area contributed by atoms with Gasteiger partial charge in [-0.3, -0.25) is 4.79 Å². The Kier molecular flexibility index (Phi) is 4.39. The highest BCUT2D eigenvalue weighted by Gasteiger charge is 2.22. The van der Waals surface area contributed by atoms with Crippen LogP contribution in [0.1, 0.15) is 21.6 Å². The van der Waals surface area contributed by atoms with E-state index < -0.39 is 0 Å². The average molecular weight is 339 g/mol. The van der Waals surface area contributed by atoms with E-state index in [2.05, 4.69) is 10.3 Å². The van der Waals surface area contributed by atoms with Crippen molar-refractivity contribution in [2.75, 3.05) is 0 Å². The minimum Gasteiger partial charge on any atom is -0.287 e. The topological polar surface area (TPSA) is 47.8 Å². The molecule has 1 heterocycles. The Morgan fingerprint density at radius 1 is 0.769 bits per heavy atom. The van der Waals surface area contributed by atoms with Crippen LogP contribution in [0.15, 0.2) is 91.0 Å². The summed E-state index contributed by atoms with van der Waals surface area (Å²) in [6.45, 7) is 0.556. The normalized spacial score (nSPS) is 10.6. The Morgan fingerprint density at radius 2 is 1.35 bits per heavy atom. The quantitative estimate of drug-likeness (QED) is 0.511. The summed E-state index contributed by atoms with van der Waals surface area (Å²) in [5.41, 5.74) is 3.75. The second kappa shape index (κ2) is 7.15. The smallest absolute Gasteiger partial charge is 0.215 e. The molecule has 126 valence electrons. The molecule has 0 unspecified atom stereocenters. The Labute approximate surface area is 151 Å². The largest absolute Gasteiger partial charge is 0.287 e. The van der Waals surface area contributed by atoms with E-state index >= 15 is 0 Å². The molecule has 0 aliphatic rings. The fourth-order valence-corrected chi connectivity index (χ4v) is 2.94. The maximum absolute atomic E-state index is 13.0. The zero-order valence-electron chi connectivity index (χ0n) is 14.1. The van der Waals surface area contributed by atoms with E-state index in [0.29, 0.717) is 17.8 Å². The lowest BCUT2D eigenvalue weighted by Crippen LogP contribution is -2.07. The molecule has 0 atom stereocenters. The molecule has 0 fully saturated rings. The fourth-order valence-electron chi connectivity index (χ4n) is 2.94. The molecule has 4 rings (SSSR count). The molecular formula is C22H17N3O. The molecule has 0 aliphatic heterocycles. The molecule has 4 aromatic rings. The van der Waals surface area contributed by atoms with Gasteiger partial charge in [0.25, 0.3) is 0 Å². The Morgan fingerprint density at radius 3 is 2.00 bits per heavy atom. The molecule has 4 nitrogen and oxygen atoms in total. The average Bonchev–Trinajstić information content (AvgIpc) is 3.13. The number of hydrogen-bond acceptors (Lipinski definition) is 3. The highest BCUT2D eigenvalue weighted by Crippen LogP contribution is 2.25. The van der Waals surface area contributed by atoms with Gasteiger partial charge >= 0.3 is 0 Å². The predicted molar refractivity (Wildman–Crippen MR) is 101 cm³/mol. The van der Waals surface area contributed by atoms with E-state index in [1.807, 2.05) is 78.9 Å². The monoisotopic (exact) mass is 339 g/mol. The van der Waals surface area contributed by atoms with Crippen LogP contribution in [0.2, 0.25) is 0 Å². The molecule has 0 amide bonds. The summed E-state index contributed by atoms with van der Waals surface area (Å²) in [4.78, 5) is 13.0. The number of ketones is 1. The molecule has 1 aromatic heterocycles. The number of hydrogen-bond donors (Lipinski definition) is 0. The highest BCUT2D eigenvalue weighted by molar-refractivity contribution is 6.10. The van der Waals surface area contributed by atoms with Crippen molar-refractivity contribution in [1.29, 1.82) is 0 Å². The van der Waals surface area contributed by atoms with Crippen LogP contribution in [0, 0.1) is 0 Å². The van der Waals surface area contributed by atoms with E-state index in [1.54, 1.807) is 16.8 Å². The van der Waals surface area contributed by atoms with Crippen LogP contribution in [0.3, 0.4) is 0 Å². The standard InChI is InChI=1S/C22H17N3O/c26-22(19-14-8-3-9-15-19)20-21(18-12-6-2-7-13-18)25(24-23-20)16-17-10-4-1-5-11-17/h1-15H,16H2. The first-order valence-corrected chi connectivity index (χ1v) is 8.45. The number of carbonyl (C=O) groups excluding carboxylic acids is 1. The molecule has 4 heteroatoms. The summed E-state index contributed by atoms with van der Waals surface area (Å²) in [6.07, 6.45) is 0. The molecule has 0 spiro atoms. The van der Waals surface area contributed by atoms with E-state index in [0.717, 1.165) is 16.8 Å². The van der Waals surface area contributed by atoms with E-state index in [1.165, 1.54) is 0 Å². The van der Waals surface area contributed by atoms with Crippen molar-refractivity contribution < 1.29 is 4.79 Å². The van der Waals surface area contributed by atoms with Gasteiger partial charge in [-0.05, 0) is 5.56 Å². The van der Waals surface area contributed by atoms with Crippen LogP contribution >= 0.6 is 0 Å². The first-order valence-electron chi connectivity index (χ1n) is 8.45. The van der Waals surface area contributed by atoms with Gasteiger partial charge in [-0.25, -0.2) is 4.68 Å². The van der Waals surface area contributed by atoms with Crippen molar-refractivity contribution in [1.82, 2.24) is 15.0 Å². The van der Waals surface area contributed by atoms with E-state index in [4.69, 9.17) is 0 Å². The lowest BCUT2D eigenvalue weighted by atomic mass is 10.0. The van der Waals surface area contributed by atoms with Gasteiger partial charge in [-0.2, -0.15) is 0 Å². The minimum absolute atomic E-state index is 0.122. The first-order chi connectivity index (χ1) is 12.8.